The van der Waals surface area contributed by atoms with Gasteiger partial charge in [-0.25, -0.2) is 8.78 Å². The molecule has 0 unspecified atom stereocenters. The average molecular weight is 661 g/mol. The molecule has 0 aliphatic heterocycles. The third kappa shape index (κ3) is 6.06. The summed E-state index contributed by atoms with van der Waals surface area (Å²) in [6.07, 6.45) is 0. The van der Waals surface area contributed by atoms with Crippen molar-refractivity contribution in [3.8, 4) is 44.5 Å². The van der Waals surface area contributed by atoms with Crippen molar-refractivity contribution >= 4 is 0 Å². The molecular formula is C49H34F2. The van der Waals surface area contributed by atoms with Crippen molar-refractivity contribution in [3.05, 3.63) is 240 Å². The minimum atomic E-state index is -0.772. The molecule has 0 N–H and O–H groups in total. The fourth-order valence-electron chi connectivity index (χ4n) is 7.28. The van der Waals surface area contributed by atoms with E-state index in [-0.39, 0.29) is 11.6 Å². The van der Waals surface area contributed by atoms with Crippen molar-refractivity contribution < 1.29 is 8.78 Å². The molecule has 0 aromatic heterocycles. The molecule has 0 saturated heterocycles. The molecule has 0 fully saturated rings. The highest BCUT2D eigenvalue weighted by molar-refractivity contribution is 5.72. The lowest BCUT2D eigenvalue weighted by Crippen LogP contribution is -2.31. The first-order valence-corrected chi connectivity index (χ1v) is 17.1. The largest absolute Gasteiger partial charge is 0.206 e. The highest BCUT2D eigenvalue weighted by Gasteiger charge is 2.38. The minimum absolute atomic E-state index is 0.256. The normalized spacial score (nSPS) is 11.3. The molecule has 0 radical (unpaired) electrons. The van der Waals surface area contributed by atoms with Gasteiger partial charge < -0.3 is 0 Å². The summed E-state index contributed by atoms with van der Waals surface area (Å²) in [5.41, 5.74) is 10.7. The van der Waals surface area contributed by atoms with Crippen LogP contribution < -0.4 is 0 Å². The van der Waals surface area contributed by atoms with Gasteiger partial charge in [0.25, 0.3) is 0 Å². The fraction of sp³-hybridized carbons (Fsp3) is 0.0204. The number of halogens is 2. The van der Waals surface area contributed by atoms with Gasteiger partial charge in [0.05, 0.1) is 5.41 Å². The highest BCUT2D eigenvalue weighted by Crippen LogP contribution is 2.47. The second-order valence-electron chi connectivity index (χ2n) is 12.8. The number of benzene rings is 8. The first-order chi connectivity index (χ1) is 25.1. The van der Waals surface area contributed by atoms with Gasteiger partial charge in [-0.1, -0.05) is 194 Å². The lowest BCUT2D eigenvalue weighted by Gasteiger charge is -2.37. The molecule has 2 heteroatoms. The monoisotopic (exact) mass is 660 g/mol. The second kappa shape index (κ2) is 13.9. The van der Waals surface area contributed by atoms with Crippen LogP contribution in [0.15, 0.2) is 206 Å². The Kier molecular flexibility index (Phi) is 8.66. The van der Waals surface area contributed by atoms with E-state index in [9.17, 15) is 8.78 Å². The molecular weight excluding hydrogens is 627 g/mol. The summed E-state index contributed by atoms with van der Waals surface area (Å²) in [5, 5.41) is 0. The van der Waals surface area contributed by atoms with Crippen LogP contribution in [-0.2, 0) is 5.41 Å². The van der Waals surface area contributed by atoms with Gasteiger partial charge in [0, 0.05) is 11.1 Å². The van der Waals surface area contributed by atoms with Gasteiger partial charge in [0.1, 0.15) is 11.6 Å². The predicted molar refractivity (Wildman–Crippen MR) is 206 cm³/mol. The van der Waals surface area contributed by atoms with Gasteiger partial charge in [-0.2, -0.15) is 0 Å². The van der Waals surface area contributed by atoms with E-state index in [0.29, 0.717) is 11.1 Å². The van der Waals surface area contributed by atoms with E-state index < -0.39 is 5.41 Å². The minimum Gasteiger partial charge on any atom is -0.206 e. The Morgan fingerprint density at radius 2 is 0.490 bits per heavy atom. The second-order valence-corrected chi connectivity index (χ2v) is 12.8. The summed E-state index contributed by atoms with van der Waals surface area (Å²) in [7, 11) is 0. The molecule has 0 heterocycles. The van der Waals surface area contributed by atoms with E-state index in [1.807, 2.05) is 60.7 Å². The summed E-state index contributed by atoms with van der Waals surface area (Å²) in [6, 6.07) is 68.5. The highest BCUT2D eigenvalue weighted by atomic mass is 19.1. The summed E-state index contributed by atoms with van der Waals surface area (Å²) in [5.74, 6) is -0.513. The molecule has 244 valence electrons. The molecule has 0 aliphatic carbocycles. The molecule has 0 atom stereocenters. The number of rotatable bonds is 8. The van der Waals surface area contributed by atoms with Crippen LogP contribution in [0.3, 0.4) is 0 Å². The smallest absolute Gasteiger partial charge is 0.131 e. The van der Waals surface area contributed by atoms with Gasteiger partial charge in [0.2, 0.25) is 0 Å². The number of hydrogen-bond donors (Lipinski definition) is 0. The molecule has 8 aromatic carbocycles. The van der Waals surface area contributed by atoms with Crippen molar-refractivity contribution in [1.82, 2.24) is 0 Å². The predicted octanol–water partition coefficient (Wildman–Crippen LogP) is 13.0. The van der Waals surface area contributed by atoms with Gasteiger partial charge in [-0.3, -0.25) is 0 Å². The zero-order chi connectivity index (χ0) is 34.6. The lowest BCUT2D eigenvalue weighted by molar-refractivity contribution is 0.631. The Hall–Kier alpha value is -6.38. The van der Waals surface area contributed by atoms with Gasteiger partial charge in [-0.05, 0) is 67.8 Å². The molecule has 0 bridgehead atoms. The van der Waals surface area contributed by atoms with E-state index in [1.54, 1.807) is 12.1 Å². The molecule has 0 nitrogen and oxygen atoms in total. The van der Waals surface area contributed by atoms with Crippen LogP contribution in [0, 0.1) is 11.6 Å². The fourth-order valence-corrected chi connectivity index (χ4v) is 7.28. The van der Waals surface area contributed by atoms with Gasteiger partial charge in [-0.15, -0.1) is 0 Å². The van der Waals surface area contributed by atoms with Crippen LogP contribution in [-0.4, -0.2) is 0 Å². The summed E-state index contributed by atoms with van der Waals surface area (Å²) in [6.45, 7) is 0. The lowest BCUT2D eigenvalue weighted by atomic mass is 9.64. The molecule has 0 amide bonds. The third-order valence-electron chi connectivity index (χ3n) is 9.86. The maximum atomic E-state index is 14.9. The van der Waals surface area contributed by atoms with Crippen LogP contribution in [0.1, 0.15) is 22.3 Å². The number of hydrogen-bond acceptors (Lipinski definition) is 0. The molecule has 8 aromatic rings. The molecule has 0 spiro atoms. The molecule has 0 saturated carbocycles. The van der Waals surface area contributed by atoms with Gasteiger partial charge in [0.15, 0.2) is 0 Å². The Morgan fingerprint density at radius 1 is 0.235 bits per heavy atom. The standard InChI is InChI=1S/C49H34F2/c50-47-17-9-7-15-45(47)39-23-31-43(32-24-39)49(41-27-19-37(20-28-41)35-11-3-1-4-12-35,42-29-21-38(22-30-42)36-13-5-2-6-14-36)44-33-25-40(26-34-44)46-16-8-10-18-48(46)51/h1-34H. The van der Waals surface area contributed by atoms with Crippen molar-refractivity contribution in [2.45, 2.75) is 5.41 Å². The molecule has 0 aliphatic rings. The Labute approximate surface area is 298 Å². The Bertz CT molecular complexity index is 2200. The van der Waals surface area contributed by atoms with Gasteiger partial charge >= 0.3 is 0 Å². The topological polar surface area (TPSA) is 0 Å². The summed E-state index contributed by atoms with van der Waals surface area (Å²) in [4.78, 5) is 0. The van der Waals surface area contributed by atoms with Crippen LogP contribution in [0.4, 0.5) is 8.78 Å². The van der Waals surface area contributed by atoms with Crippen LogP contribution in [0.2, 0.25) is 0 Å². The quantitative estimate of drug-likeness (QED) is 0.142. The van der Waals surface area contributed by atoms with Crippen molar-refractivity contribution in [1.29, 1.82) is 0 Å². The van der Waals surface area contributed by atoms with E-state index in [2.05, 4.69) is 121 Å². The van der Waals surface area contributed by atoms with Crippen LogP contribution >= 0.6 is 0 Å². The Balaban J connectivity index is 1.36. The molecule has 51 heavy (non-hydrogen) atoms. The first-order valence-electron chi connectivity index (χ1n) is 17.1. The zero-order valence-corrected chi connectivity index (χ0v) is 27.9. The third-order valence-corrected chi connectivity index (χ3v) is 9.86. The van der Waals surface area contributed by atoms with E-state index >= 15 is 0 Å². The van der Waals surface area contributed by atoms with E-state index in [4.69, 9.17) is 0 Å². The maximum absolute atomic E-state index is 14.9. The average Bonchev–Trinajstić information content (AvgIpc) is 3.20. The summed E-state index contributed by atoms with van der Waals surface area (Å²) >= 11 is 0. The van der Waals surface area contributed by atoms with E-state index in [1.165, 1.54) is 12.1 Å². The van der Waals surface area contributed by atoms with Crippen molar-refractivity contribution in [2.24, 2.45) is 0 Å². The van der Waals surface area contributed by atoms with Crippen molar-refractivity contribution in [3.63, 3.8) is 0 Å². The van der Waals surface area contributed by atoms with Crippen molar-refractivity contribution in [2.75, 3.05) is 0 Å². The zero-order valence-electron chi connectivity index (χ0n) is 27.9. The Morgan fingerprint density at radius 3 is 0.804 bits per heavy atom. The SMILES string of the molecule is Fc1ccccc1-c1ccc(C(c2ccc(-c3ccccc3)cc2)(c2ccc(-c3ccccc3)cc2)c2ccc(-c3ccccc3F)cc2)cc1. The van der Waals surface area contributed by atoms with Crippen LogP contribution in [0.5, 0.6) is 0 Å². The van der Waals surface area contributed by atoms with E-state index in [0.717, 1.165) is 55.6 Å². The first kappa shape index (κ1) is 31.9. The van der Waals surface area contributed by atoms with Crippen LogP contribution in [0.25, 0.3) is 44.5 Å². The summed E-state index contributed by atoms with van der Waals surface area (Å²) < 4.78 is 29.9. The maximum Gasteiger partial charge on any atom is 0.131 e. The molecule has 8 rings (SSSR count).